The molecule has 1 aromatic carbocycles. The van der Waals surface area contributed by atoms with Gasteiger partial charge in [-0.25, -0.2) is 4.79 Å². The van der Waals surface area contributed by atoms with E-state index in [0.717, 1.165) is 16.9 Å². The summed E-state index contributed by atoms with van der Waals surface area (Å²) < 4.78 is 0. The van der Waals surface area contributed by atoms with Crippen LogP contribution in [0, 0.1) is 11.3 Å². The van der Waals surface area contributed by atoms with E-state index in [1.54, 1.807) is 0 Å². The number of amides is 3. The molecule has 1 rings (SSSR count). The average molecular weight is 405 g/mol. The highest BCUT2D eigenvalue weighted by Gasteiger charge is 2.24. The minimum Gasteiger partial charge on any atom is -0.377 e. The number of carbonyl (C=O) groups is 2. The molecule has 0 aliphatic carbocycles. The van der Waals surface area contributed by atoms with Crippen molar-refractivity contribution in [3.05, 3.63) is 23.8 Å². The van der Waals surface area contributed by atoms with Gasteiger partial charge in [0.05, 0.1) is 0 Å². The molecule has 0 aromatic heterocycles. The first-order valence-corrected chi connectivity index (χ1v) is 10.5. The van der Waals surface area contributed by atoms with Gasteiger partial charge in [0, 0.05) is 51.0 Å². The fourth-order valence-corrected chi connectivity index (χ4v) is 3.11. The van der Waals surface area contributed by atoms with E-state index in [4.69, 9.17) is 0 Å². The summed E-state index contributed by atoms with van der Waals surface area (Å²) in [5.41, 5.74) is 2.72. The van der Waals surface area contributed by atoms with Crippen molar-refractivity contribution in [2.45, 2.75) is 67.5 Å². The zero-order chi connectivity index (χ0) is 22.4. The quantitative estimate of drug-likeness (QED) is 0.660. The number of hydrogen-bond donors (Lipinski definition) is 2. The summed E-state index contributed by atoms with van der Waals surface area (Å²) in [6, 6.07) is 5.91. The lowest BCUT2D eigenvalue weighted by atomic mass is 9.92. The molecule has 0 radical (unpaired) electrons. The number of nitrogens with one attached hydrogen (secondary N) is 2. The number of benzene rings is 1. The second kappa shape index (κ2) is 10.5. The summed E-state index contributed by atoms with van der Waals surface area (Å²) in [4.78, 5) is 29.0. The predicted molar refractivity (Wildman–Crippen MR) is 122 cm³/mol. The molecular formula is C23H40N4O2. The Morgan fingerprint density at radius 2 is 1.72 bits per heavy atom. The van der Waals surface area contributed by atoms with Gasteiger partial charge in [0.15, 0.2) is 0 Å². The fraction of sp³-hybridized carbons (Fsp3) is 0.652. The number of carbonyl (C=O) groups excluding carboxylic acids is 2. The fourth-order valence-electron chi connectivity index (χ4n) is 3.11. The molecule has 0 fully saturated rings. The van der Waals surface area contributed by atoms with E-state index in [2.05, 4.69) is 31.4 Å². The van der Waals surface area contributed by atoms with Crippen molar-refractivity contribution in [2.75, 3.05) is 30.9 Å². The van der Waals surface area contributed by atoms with Crippen LogP contribution in [-0.4, -0.2) is 43.5 Å². The van der Waals surface area contributed by atoms with Crippen LogP contribution in [0.15, 0.2) is 18.2 Å². The van der Waals surface area contributed by atoms with Crippen molar-refractivity contribution in [1.82, 2.24) is 10.2 Å². The van der Waals surface area contributed by atoms with Gasteiger partial charge in [0.1, 0.15) is 0 Å². The monoisotopic (exact) mass is 404 g/mol. The van der Waals surface area contributed by atoms with Gasteiger partial charge in [-0.1, -0.05) is 34.6 Å². The van der Waals surface area contributed by atoms with Crippen LogP contribution >= 0.6 is 0 Å². The molecule has 1 unspecified atom stereocenters. The Hall–Kier alpha value is -2.24. The predicted octanol–water partition coefficient (Wildman–Crippen LogP) is 4.70. The molecule has 6 heteroatoms. The normalized spacial score (nSPS) is 12.5. The van der Waals surface area contributed by atoms with Crippen molar-refractivity contribution in [1.29, 1.82) is 0 Å². The Kier molecular flexibility index (Phi) is 8.99. The topological polar surface area (TPSA) is 64.7 Å². The van der Waals surface area contributed by atoms with Crippen LogP contribution in [0.3, 0.4) is 0 Å². The van der Waals surface area contributed by atoms with Crippen molar-refractivity contribution < 1.29 is 9.59 Å². The molecular weight excluding hydrogens is 364 g/mol. The van der Waals surface area contributed by atoms with E-state index in [0.29, 0.717) is 25.4 Å². The highest BCUT2D eigenvalue weighted by Crippen LogP contribution is 2.27. The number of nitrogens with zero attached hydrogens (tertiary/aromatic N) is 2. The van der Waals surface area contributed by atoms with Crippen LogP contribution in [0.5, 0.6) is 0 Å². The Labute approximate surface area is 177 Å². The van der Waals surface area contributed by atoms with Gasteiger partial charge in [-0.15, -0.1) is 0 Å². The molecule has 0 aliphatic heterocycles. The molecule has 1 atom stereocenters. The van der Waals surface area contributed by atoms with Gasteiger partial charge < -0.3 is 20.4 Å². The van der Waals surface area contributed by atoms with Crippen LogP contribution in [0.1, 0.15) is 60.5 Å². The van der Waals surface area contributed by atoms with Crippen molar-refractivity contribution in [3.8, 4) is 0 Å². The third kappa shape index (κ3) is 7.95. The first kappa shape index (κ1) is 24.8. The number of urea groups is 1. The molecule has 0 spiro atoms. The lowest BCUT2D eigenvalue weighted by Crippen LogP contribution is -2.46. The van der Waals surface area contributed by atoms with Crippen molar-refractivity contribution in [3.63, 3.8) is 0 Å². The van der Waals surface area contributed by atoms with Crippen molar-refractivity contribution in [2.24, 2.45) is 11.3 Å². The van der Waals surface area contributed by atoms with Crippen LogP contribution in [0.25, 0.3) is 0 Å². The summed E-state index contributed by atoms with van der Waals surface area (Å²) in [5, 5.41) is 5.93. The summed E-state index contributed by atoms with van der Waals surface area (Å²) >= 11 is 0. The van der Waals surface area contributed by atoms with Gasteiger partial charge in [-0.3, -0.25) is 4.79 Å². The highest BCUT2D eigenvalue weighted by atomic mass is 16.2. The first-order valence-electron chi connectivity index (χ1n) is 10.5. The highest BCUT2D eigenvalue weighted by molar-refractivity contribution is 5.91. The molecule has 0 saturated carbocycles. The van der Waals surface area contributed by atoms with E-state index in [1.165, 1.54) is 0 Å². The second-order valence-electron chi connectivity index (χ2n) is 9.47. The largest absolute Gasteiger partial charge is 0.377 e. The van der Waals surface area contributed by atoms with E-state index in [9.17, 15) is 9.59 Å². The molecule has 164 valence electrons. The lowest BCUT2D eigenvalue weighted by molar-refractivity contribution is -0.117. The smallest absolute Gasteiger partial charge is 0.317 e. The Bertz CT molecular complexity index is 693. The van der Waals surface area contributed by atoms with Crippen LogP contribution in [0.4, 0.5) is 16.2 Å². The molecule has 29 heavy (non-hydrogen) atoms. The zero-order valence-corrected chi connectivity index (χ0v) is 19.7. The minimum atomic E-state index is -0.0712. The second-order valence-corrected chi connectivity index (χ2v) is 9.47. The lowest BCUT2D eigenvalue weighted by Gasteiger charge is -2.33. The van der Waals surface area contributed by atoms with Gasteiger partial charge in [0.2, 0.25) is 5.91 Å². The van der Waals surface area contributed by atoms with E-state index in [-0.39, 0.29) is 23.4 Å². The Balaban J connectivity index is 3.20. The number of hydrogen-bond acceptors (Lipinski definition) is 3. The molecule has 0 saturated heterocycles. The molecule has 3 amide bonds. The van der Waals surface area contributed by atoms with E-state index >= 15 is 0 Å². The van der Waals surface area contributed by atoms with Crippen LogP contribution in [0.2, 0.25) is 0 Å². The summed E-state index contributed by atoms with van der Waals surface area (Å²) in [6.45, 7) is 15.4. The molecule has 2 N–H and O–H groups in total. The number of rotatable bonds is 8. The maximum Gasteiger partial charge on any atom is 0.317 e. The van der Waals surface area contributed by atoms with Crippen molar-refractivity contribution >= 4 is 23.3 Å². The minimum absolute atomic E-state index is 0.00261. The maximum absolute atomic E-state index is 12.7. The summed E-state index contributed by atoms with van der Waals surface area (Å²) in [6.07, 6.45) is 0.452. The van der Waals surface area contributed by atoms with Gasteiger partial charge >= 0.3 is 6.03 Å². The Morgan fingerprint density at radius 1 is 1.10 bits per heavy atom. The Morgan fingerprint density at radius 3 is 2.21 bits per heavy atom. The molecule has 0 bridgehead atoms. The van der Waals surface area contributed by atoms with E-state index in [1.807, 2.05) is 69.8 Å². The summed E-state index contributed by atoms with van der Waals surface area (Å²) in [7, 11) is 3.97. The van der Waals surface area contributed by atoms with Gasteiger partial charge in [0.25, 0.3) is 0 Å². The standard InChI is InChI=1S/C23H40N4O2/c1-10-24-22(29)27(17(4)16(2)3)15-18-13-19(11-12-20(18)26(8)9)25-21(28)14-23(5,6)7/h11-13,16-17H,10,14-15H2,1-9H3,(H,24,29)(H,25,28). The molecule has 0 heterocycles. The molecule has 0 aliphatic rings. The van der Waals surface area contributed by atoms with Gasteiger partial charge in [-0.2, -0.15) is 0 Å². The first-order chi connectivity index (χ1) is 13.4. The average Bonchev–Trinajstić information content (AvgIpc) is 2.57. The zero-order valence-electron chi connectivity index (χ0n) is 19.7. The van der Waals surface area contributed by atoms with Gasteiger partial charge in [-0.05, 0) is 48.9 Å². The number of anilines is 2. The third-order valence-electron chi connectivity index (χ3n) is 4.92. The maximum atomic E-state index is 12.7. The van der Waals surface area contributed by atoms with Crippen LogP contribution in [-0.2, 0) is 11.3 Å². The molecule has 1 aromatic rings. The summed E-state index contributed by atoms with van der Waals surface area (Å²) in [5.74, 6) is 0.326. The third-order valence-corrected chi connectivity index (χ3v) is 4.92. The van der Waals surface area contributed by atoms with Crippen LogP contribution < -0.4 is 15.5 Å². The SMILES string of the molecule is CCNC(=O)N(Cc1cc(NC(=O)CC(C)(C)C)ccc1N(C)C)C(C)C(C)C. The molecule has 6 nitrogen and oxygen atoms in total. The van der Waals surface area contributed by atoms with E-state index < -0.39 is 0 Å².